The van der Waals surface area contributed by atoms with Crippen LogP contribution in [0.25, 0.3) is 0 Å². The van der Waals surface area contributed by atoms with Gasteiger partial charge in [0.2, 0.25) is 0 Å². The second-order valence-electron chi connectivity index (χ2n) is 3.38. The minimum Gasteiger partial charge on any atom is -0.506 e. The molecule has 0 aliphatic heterocycles. The van der Waals surface area contributed by atoms with Gasteiger partial charge in [-0.3, -0.25) is 5.41 Å². The van der Waals surface area contributed by atoms with E-state index in [9.17, 15) is 14.8 Å². The van der Waals surface area contributed by atoms with Crippen molar-refractivity contribution in [3.63, 3.8) is 0 Å². The van der Waals surface area contributed by atoms with E-state index in [1.54, 1.807) is 6.92 Å². The molecule has 0 amide bonds. The Hall–Kier alpha value is -1.61. The van der Waals surface area contributed by atoms with Crippen LogP contribution in [0.4, 0.5) is 0 Å². The molecule has 1 rings (SSSR count). The number of hydrogen-bond donors (Lipinski definition) is 2. The molecule has 0 saturated heterocycles. The molecule has 20 heavy (non-hydrogen) atoms. The van der Waals surface area contributed by atoms with Crippen LogP contribution < -0.4 is 0 Å². The normalized spacial score (nSPS) is 11.1. The number of nitroso groups, excluding NO2 is 1. The van der Waals surface area contributed by atoms with Gasteiger partial charge >= 0.3 is 5.97 Å². The molecule has 9 heteroatoms. The molecular formula is C11H9Br2N3O4. The monoisotopic (exact) mass is 405 g/mol. The minimum atomic E-state index is -0.996. The van der Waals surface area contributed by atoms with Crippen LogP contribution >= 0.6 is 31.9 Å². The highest BCUT2D eigenvalue weighted by Crippen LogP contribution is 2.33. The first-order chi connectivity index (χ1) is 9.40. The van der Waals surface area contributed by atoms with Gasteiger partial charge < -0.3 is 9.84 Å². The Labute approximate surface area is 130 Å². The number of aliphatic imine (C=N–C) groups is 1. The van der Waals surface area contributed by atoms with Crippen molar-refractivity contribution in [2.24, 2.45) is 10.2 Å². The standard InChI is InChI=1S/C11H9Br2N3O4/c1-2-20-11(18)10(16-19)15-9(14)5-3-6(12)8(17)7(13)4-5/h3-4,14,17H,2H2,1H3/b14-9?,15-10-. The summed E-state index contributed by atoms with van der Waals surface area (Å²) in [5.74, 6) is -2.14. The highest BCUT2D eigenvalue weighted by molar-refractivity contribution is 9.11. The topological polar surface area (TPSA) is 112 Å². The second-order valence-corrected chi connectivity index (χ2v) is 5.09. The molecule has 0 atom stereocenters. The van der Waals surface area contributed by atoms with Crippen molar-refractivity contribution in [2.45, 2.75) is 6.92 Å². The molecule has 7 nitrogen and oxygen atoms in total. The maximum Gasteiger partial charge on any atom is 0.380 e. The number of hydrogen-bond acceptors (Lipinski definition) is 5. The number of halogens is 2. The van der Waals surface area contributed by atoms with E-state index in [4.69, 9.17) is 5.41 Å². The van der Waals surface area contributed by atoms with Gasteiger partial charge in [0.25, 0.3) is 5.84 Å². The lowest BCUT2D eigenvalue weighted by Gasteiger charge is -2.05. The number of phenolic OH excluding ortho intramolecular Hbond substituents is 1. The fraction of sp³-hybridized carbons (Fsp3) is 0.182. The molecule has 0 aliphatic carbocycles. The second kappa shape index (κ2) is 7.25. The van der Waals surface area contributed by atoms with Crippen molar-refractivity contribution in [1.29, 1.82) is 5.41 Å². The fourth-order valence-corrected chi connectivity index (χ4v) is 2.36. The molecule has 0 heterocycles. The Bertz CT molecular complexity index is 578. The molecule has 1 aromatic carbocycles. The first-order valence-electron chi connectivity index (χ1n) is 5.26. The number of benzene rings is 1. The molecule has 0 aromatic heterocycles. The summed E-state index contributed by atoms with van der Waals surface area (Å²) in [6.45, 7) is 1.64. The summed E-state index contributed by atoms with van der Waals surface area (Å²) in [5, 5.41) is 19.7. The van der Waals surface area contributed by atoms with E-state index in [2.05, 4.69) is 46.8 Å². The van der Waals surface area contributed by atoms with Crippen LogP contribution in [0.2, 0.25) is 0 Å². The van der Waals surface area contributed by atoms with Gasteiger partial charge in [0.05, 0.1) is 15.6 Å². The first-order valence-corrected chi connectivity index (χ1v) is 6.85. The lowest BCUT2D eigenvalue weighted by molar-refractivity contribution is -0.135. The Morgan fingerprint density at radius 2 is 1.95 bits per heavy atom. The smallest absolute Gasteiger partial charge is 0.380 e. The van der Waals surface area contributed by atoms with Crippen LogP contribution in [0.15, 0.2) is 31.2 Å². The number of nitrogens with zero attached hydrogens (tertiary/aromatic N) is 2. The maximum atomic E-state index is 11.3. The lowest BCUT2D eigenvalue weighted by atomic mass is 10.2. The van der Waals surface area contributed by atoms with Crippen molar-refractivity contribution in [3.8, 4) is 5.75 Å². The summed E-state index contributed by atoms with van der Waals surface area (Å²) in [4.78, 5) is 25.4. The van der Waals surface area contributed by atoms with Crippen molar-refractivity contribution < 1.29 is 14.6 Å². The van der Waals surface area contributed by atoms with Crippen LogP contribution in [-0.4, -0.2) is 29.4 Å². The summed E-state index contributed by atoms with van der Waals surface area (Å²) in [7, 11) is 0. The Morgan fingerprint density at radius 1 is 1.40 bits per heavy atom. The Morgan fingerprint density at radius 3 is 2.40 bits per heavy atom. The third kappa shape index (κ3) is 3.94. The Kier molecular flexibility index (Phi) is 5.96. The molecule has 0 spiro atoms. The van der Waals surface area contributed by atoms with Crippen LogP contribution in [0.3, 0.4) is 0 Å². The van der Waals surface area contributed by atoms with Gasteiger partial charge in [-0.05, 0) is 56.1 Å². The molecule has 0 radical (unpaired) electrons. The average Bonchev–Trinajstić information content (AvgIpc) is 2.41. The number of aromatic hydroxyl groups is 1. The van der Waals surface area contributed by atoms with Crippen LogP contribution in [0.1, 0.15) is 12.5 Å². The molecule has 106 valence electrons. The summed E-state index contributed by atoms with van der Waals surface area (Å²) in [6.07, 6.45) is 0. The predicted octanol–water partition coefficient (Wildman–Crippen LogP) is 2.97. The van der Waals surface area contributed by atoms with Crippen molar-refractivity contribution >= 4 is 49.5 Å². The fourth-order valence-electron chi connectivity index (χ4n) is 1.17. The van der Waals surface area contributed by atoms with Crippen molar-refractivity contribution in [1.82, 2.24) is 0 Å². The van der Waals surface area contributed by atoms with Gasteiger partial charge in [-0.1, -0.05) is 0 Å². The highest BCUT2D eigenvalue weighted by atomic mass is 79.9. The van der Waals surface area contributed by atoms with E-state index in [1.165, 1.54) is 12.1 Å². The van der Waals surface area contributed by atoms with E-state index in [-0.39, 0.29) is 23.8 Å². The van der Waals surface area contributed by atoms with Gasteiger partial charge in [0.15, 0.2) is 5.84 Å². The van der Waals surface area contributed by atoms with Crippen molar-refractivity contribution in [3.05, 3.63) is 31.5 Å². The molecule has 0 saturated carbocycles. The van der Waals surface area contributed by atoms with Gasteiger partial charge in [-0.2, -0.15) is 4.99 Å². The number of carbonyl (C=O) groups excluding carboxylic acids is 1. The molecule has 0 fully saturated rings. The van der Waals surface area contributed by atoms with Crippen LogP contribution in [-0.2, 0) is 9.53 Å². The van der Waals surface area contributed by atoms with Crippen molar-refractivity contribution in [2.75, 3.05) is 6.61 Å². The van der Waals surface area contributed by atoms with Crippen LogP contribution in [0.5, 0.6) is 5.75 Å². The van der Waals surface area contributed by atoms with E-state index in [1.807, 2.05) is 0 Å². The van der Waals surface area contributed by atoms with E-state index >= 15 is 0 Å². The molecule has 0 aliphatic rings. The van der Waals surface area contributed by atoms with E-state index in [0.717, 1.165) is 0 Å². The number of rotatable bonds is 2. The molecule has 1 aromatic rings. The number of esters is 1. The average molecular weight is 407 g/mol. The lowest BCUT2D eigenvalue weighted by Crippen LogP contribution is -2.17. The minimum absolute atomic E-state index is 0.0374. The summed E-state index contributed by atoms with van der Waals surface area (Å²) >= 11 is 6.20. The summed E-state index contributed by atoms with van der Waals surface area (Å²) in [5.41, 5.74) is 0.270. The Balaban J connectivity index is 3.11. The predicted molar refractivity (Wildman–Crippen MR) is 80.2 cm³/mol. The highest BCUT2D eigenvalue weighted by Gasteiger charge is 2.16. The van der Waals surface area contributed by atoms with Gasteiger partial charge in [0.1, 0.15) is 5.75 Å². The molecule has 0 unspecified atom stereocenters. The molecule has 2 N–H and O–H groups in total. The summed E-state index contributed by atoms with van der Waals surface area (Å²) in [6, 6.07) is 2.83. The number of ether oxygens (including phenoxy) is 1. The number of carbonyl (C=O) groups is 1. The van der Waals surface area contributed by atoms with E-state index in [0.29, 0.717) is 8.95 Å². The van der Waals surface area contributed by atoms with E-state index < -0.39 is 11.8 Å². The van der Waals surface area contributed by atoms with Gasteiger partial charge in [-0.25, -0.2) is 4.79 Å². The number of nitrogens with one attached hydrogen (secondary N) is 1. The first kappa shape index (κ1) is 16.4. The zero-order valence-corrected chi connectivity index (χ0v) is 13.4. The third-order valence-electron chi connectivity index (χ3n) is 2.05. The number of phenols is 1. The van der Waals surface area contributed by atoms with Crippen LogP contribution in [0, 0.1) is 10.3 Å². The van der Waals surface area contributed by atoms with Gasteiger partial charge in [0, 0.05) is 5.56 Å². The zero-order chi connectivity index (χ0) is 15.3. The quantitative estimate of drug-likeness (QED) is 0.340. The molecule has 0 bridgehead atoms. The third-order valence-corrected chi connectivity index (χ3v) is 3.26. The largest absolute Gasteiger partial charge is 0.506 e. The van der Waals surface area contributed by atoms with Gasteiger partial charge in [-0.15, -0.1) is 4.91 Å². The molecular weight excluding hydrogens is 398 g/mol. The summed E-state index contributed by atoms with van der Waals surface area (Å²) < 4.78 is 5.24. The SMILES string of the molecule is CCOC(=O)/C(N=O)=N/C(=N)c1cc(Br)c(O)c(Br)c1. The maximum absolute atomic E-state index is 11.3. The zero-order valence-electron chi connectivity index (χ0n) is 10.2. The number of amidine groups is 2.